The molecule has 0 aliphatic rings. The van der Waals surface area contributed by atoms with E-state index in [1.54, 1.807) is 11.8 Å². The molecule has 29 heavy (non-hydrogen) atoms. The van der Waals surface area contributed by atoms with Crippen LogP contribution < -0.4 is 5.32 Å². The number of allylic oxidation sites excluding steroid dienone is 1. The number of nitrogens with zero attached hydrogens (tertiary/aromatic N) is 5. The van der Waals surface area contributed by atoms with Crippen molar-refractivity contribution in [2.24, 2.45) is 0 Å². The third-order valence-corrected chi connectivity index (χ3v) is 6.94. The maximum Gasteiger partial charge on any atom is 0.239 e. The van der Waals surface area contributed by atoms with Gasteiger partial charge in [0.2, 0.25) is 11.0 Å². The third-order valence-electron chi connectivity index (χ3n) is 3.87. The topological polar surface area (TPSA) is 85.6 Å². The summed E-state index contributed by atoms with van der Waals surface area (Å²) in [6.07, 6.45) is 2.61. The van der Waals surface area contributed by atoms with E-state index in [1.165, 1.54) is 28.0 Å². The lowest BCUT2D eigenvalue weighted by molar-refractivity contribution is -0.115. The van der Waals surface area contributed by atoms with Crippen LogP contribution in [0.1, 0.15) is 24.7 Å². The third kappa shape index (κ3) is 5.91. The van der Waals surface area contributed by atoms with Crippen molar-refractivity contribution in [1.82, 2.24) is 25.0 Å². The zero-order chi connectivity index (χ0) is 20.6. The molecular weight excluding hydrogens is 424 g/mol. The SMILES string of the molecule is C=CCn1c(CSc2ccccc2)nnc1SC(C)C(=O)Nc1nnc(CC)s1. The lowest BCUT2D eigenvalue weighted by Gasteiger charge is -2.11. The first kappa shape index (κ1) is 21.5. The van der Waals surface area contributed by atoms with Crippen LogP contribution in [0.3, 0.4) is 0 Å². The van der Waals surface area contributed by atoms with Gasteiger partial charge in [0.1, 0.15) is 10.8 Å². The van der Waals surface area contributed by atoms with E-state index in [9.17, 15) is 4.79 Å². The predicted molar refractivity (Wildman–Crippen MR) is 119 cm³/mol. The Morgan fingerprint density at radius 2 is 2.07 bits per heavy atom. The average molecular weight is 447 g/mol. The van der Waals surface area contributed by atoms with Crippen LogP contribution in [0, 0.1) is 0 Å². The molecule has 2 heterocycles. The quantitative estimate of drug-likeness (QED) is 0.367. The minimum Gasteiger partial charge on any atom is -0.301 e. The molecular formula is C19H22N6OS3. The van der Waals surface area contributed by atoms with Crippen molar-refractivity contribution in [2.75, 3.05) is 5.32 Å². The zero-order valence-electron chi connectivity index (χ0n) is 16.2. The Kier molecular flexibility index (Phi) is 7.84. The number of rotatable bonds is 10. The van der Waals surface area contributed by atoms with Crippen LogP contribution >= 0.6 is 34.9 Å². The van der Waals surface area contributed by atoms with Crippen molar-refractivity contribution in [2.45, 2.75) is 47.9 Å². The predicted octanol–water partition coefficient (Wildman–Crippen LogP) is 4.29. The number of aryl methyl sites for hydroxylation is 1. The summed E-state index contributed by atoms with van der Waals surface area (Å²) in [5.74, 6) is 1.41. The van der Waals surface area contributed by atoms with E-state index in [1.807, 2.05) is 42.7 Å². The molecule has 0 aliphatic heterocycles. The molecule has 0 radical (unpaired) electrons. The van der Waals surface area contributed by atoms with Crippen LogP contribution in [0.15, 0.2) is 53.0 Å². The molecule has 2 aromatic heterocycles. The van der Waals surface area contributed by atoms with Gasteiger partial charge in [0.25, 0.3) is 0 Å². The molecule has 1 amide bonds. The Balaban J connectivity index is 1.65. The van der Waals surface area contributed by atoms with Crippen LogP contribution in [0.5, 0.6) is 0 Å². The van der Waals surface area contributed by atoms with E-state index in [2.05, 4.69) is 44.4 Å². The summed E-state index contributed by atoms with van der Waals surface area (Å²) in [7, 11) is 0. The van der Waals surface area contributed by atoms with Gasteiger partial charge in [-0.15, -0.1) is 38.7 Å². The highest BCUT2D eigenvalue weighted by Gasteiger charge is 2.21. The number of benzene rings is 1. The normalized spacial score (nSPS) is 11.9. The maximum absolute atomic E-state index is 12.5. The molecule has 152 valence electrons. The molecule has 0 aliphatic carbocycles. The van der Waals surface area contributed by atoms with Crippen molar-refractivity contribution in [1.29, 1.82) is 0 Å². The zero-order valence-corrected chi connectivity index (χ0v) is 18.7. The van der Waals surface area contributed by atoms with Gasteiger partial charge in [-0.1, -0.05) is 54.3 Å². The van der Waals surface area contributed by atoms with Gasteiger partial charge >= 0.3 is 0 Å². The standard InChI is InChI=1S/C19H22N6OS3/c1-4-11-25-15(12-27-14-9-7-6-8-10-14)21-24-19(25)28-13(3)17(26)20-18-23-22-16(5-2)29-18/h4,6-10,13H,1,5,11-12H2,2-3H3,(H,20,23,26). The van der Waals surface area contributed by atoms with Gasteiger partial charge in [-0.2, -0.15) is 0 Å². The highest BCUT2D eigenvalue weighted by Crippen LogP contribution is 2.27. The number of hydrogen-bond donors (Lipinski definition) is 1. The molecule has 3 aromatic rings. The lowest BCUT2D eigenvalue weighted by Crippen LogP contribution is -2.23. The van der Waals surface area contributed by atoms with E-state index >= 15 is 0 Å². The molecule has 7 nitrogen and oxygen atoms in total. The van der Waals surface area contributed by atoms with Crippen LogP contribution in [0.2, 0.25) is 0 Å². The molecule has 0 saturated carbocycles. The average Bonchev–Trinajstić information content (AvgIpc) is 3.34. The summed E-state index contributed by atoms with van der Waals surface area (Å²) in [5.41, 5.74) is 0. The van der Waals surface area contributed by atoms with Gasteiger partial charge in [-0.05, 0) is 25.5 Å². The molecule has 0 fully saturated rings. The van der Waals surface area contributed by atoms with E-state index in [0.29, 0.717) is 22.6 Å². The van der Waals surface area contributed by atoms with Crippen molar-refractivity contribution < 1.29 is 4.79 Å². The summed E-state index contributed by atoms with van der Waals surface area (Å²) < 4.78 is 2.00. The van der Waals surface area contributed by atoms with E-state index < -0.39 is 0 Å². The molecule has 0 saturated heterocycles. The number of carbonyl (C=O) groups is 1. The lowest BCUT2D eigenvalue weighted by atomic mass is 10.4. The summed E-state index contributed by atoms with van der Waals surface area (Å²) >= 11 is 4.46. The van der Waals surface area contributed by atoms with Gasteiger partial charge in [0.05, 0.1) is 11.0 Å². The van der Waals surface area contributed by atoms with Crippen molar-refractivity contribution in [3.63, 3.8) is 0 Å². The number of carbonyl (C=O) groups excluding carboxylic acids is 1. The van der Waals surface area contributed by atoms with Crippen molar-refractivity contribution in [3.05, 3.63) is 53.8 Å². The van der Waals surface area contributed by atoms with Crippen LogP contribution in [0.25, 0.3) is 0 Å². The Hall–Kier alpha value is -2.17. The number of anilines is 1. The summed E-state index contributed by atoms with van der Waals surface area (Å²) in [6, 6.07) is 10.2. The first-order valence-electron chi connectivity index (χ1n) is 9.11. The summed E-state index contributed by atoms with van der Waals surface area (Å²) in [6.45, 7) is 8.26. The van der Waals surface area contributed by atoms with Gasteiger partial charge in [-0.3, -0.25) is 10.1 Å². The molecule has 1 unspecified atom stereocenters. The van der Waals surface area contributed by atoms with Gasteiger partial charge in [0.15, 0.2) is 5.16 Å². The molecule has 1 atom stereocenters. The van der Waals surface area contributed by atoms with E-state index in [0.717, 1.165) is 17.3 Å². The van der Waals surface area contributed by atoms with E-state index in [4.69, 9.17) is 0 Å². The maximum atomic E-state index is 12.5. The van der Waals surface area contributed by atoms with E-state index in [-0.39, 0.29) is 11.2 Å². The smallest absolute Gasteiger partial charge is 0.239 e. The minimum absolute atomic E-state index is 0.137. The molecule has 10 heteroatoms. The number of thioether (sulfide) groups is 2. The fourth-order valence-corrected chi connectivity index (χ4v) is 4.77. The fourth-order valence-electron chi connectivity index (χ4n) is 2.36. The molecule has 0 spiro atoms. The second kappa shape index (κ2) is 10.6. The number of hydrogen-bond acceptors (Lipinski definition) is 8. The number of nitrogens with one attached hydrogen (secondary N) is 1. The van der Waals surface area contributed by atoms with Crippen LogP contribution in [0.4, 0.5) is 5.13 Å². The Labute approximate surface area is 182 Å². The highest BCUT2D eigenvalue weighted by molar-refractivity contribution is 8.00. The van der Waals surface area contributed by atoms with Gasteiger partial charge in [-0.25, -0.2) is 0 Å². The first-order chi connectivity index (χ1) is 14.1. The Morgan fingerprint density at radius 1 is 1.28 bits per heavy atom. The monoisotopic (exact) mass is 446 g/mol. The first-order valence-corrected chi connectivity index (χ1v) is 11.8. The van der Waals surface area contributed by atoms with Crippen LogP contribution in [-0.2, 0) is 23.5 Å². The highest BCUT2D eigenvalue weighted by atomic mass is 32.2. The Bertz CT molecular complexity index is 956. The van der Waals surface area contributed by atoms with Gasteiger partial charge < -0.3 is 4.57 Å². The molecule has 1 aromatic carbocycles. The van der Waals surface area contributed by atoms with Crippen LogP contribution in [-0.4, -0.2) is 36.1 Å². The fraction of sp³-hybridized carbons (Fsp3) is 0.316. The Morgan fingerprint density at radius 3 is 2.76 bits per heavy atom. The summed E-state index contributed by atoms with van der Waals surface area (Å²) in [4.78, 5) is 13.7. The number of amides is 1. The molecule has 1 N–H and O–H groups in total. The summed E-state index contributed by atoms with van der Waals surface area (Å²) in [5, 5.41) is 21.2. The molecule has 0 bridgehead atoms. The minimum atomic E-state index is -0.355. The largest absolute Gasteiger partial charge is 0.301 e. The second-order valence-corrected chi connectivity index (χ2v) is 9.42. The molecule has 3 rings (SSSR count). The second-order valence-electron chi connectivity index (χ2n) is 6.00. The van der Waals surface area contributed by atoms with Crippen molar-refractivity contribution in [3.8, 4) is 0 Å². The van der Waals surface area contributed by atoms with Gasteiger partial charge in [0, 0.05) is 11.4 Å². The van der Waals surface area contributed by atoms with Crippen molar-refractivity contribution >= 4 is 45.9 Å². The number of aromatic nitrogens is 5.